The SMILES string of the molecule is Cc1ccc([C@@H]2C[C@@H]2C(=O)NCCc2nnc3ccccn23)s1. The Balaban J connectivity index is 1.31. The summed E-state index contributed by atoms with van der Waals surface area (Å²) < 4.78 is 1.96. The van der Waals surface area contributed by atoms with E-state index in [1.54, 1.807) is 11.3 Å². The summed E-state index contributed by atoms with van der Waals surface area (Å²) in [5.74, 6) is 1.60. The van der Waals surface area contributed by atoms with Crippen LogP contribution in [0.25, 0.3) is 5.65 Å². The first-order valence-corrected chi connectivity index (χ1v) is 8.67. The number of amides is 1. The molecule has 0 unspecified atom stereocenters. The molecule has 1 N–H and O–H groups in total. The second-order valence-electron chi connectivity index (χ2n) is 5.98. The number of hydrogen-bond donors (Lipinski definition) is 1. The lowest BCUT2D eigenvalue weighted by atomic mass is 10.2. The first-order valence-electron chi connectivity index (χ1n) is 7.85. The molecule has 1 fully saturated rings. The van der Waals surface area contributed by atoms with Crippen molar-refractivity contribution in [2.45, 2.75) is 25.7 Å². The molecule has 0 bridgehead atoms. The van der Waals surface area contributed by atoms with Crippen molar-refractivity contribution in [1.29, 1.82) is 0 Å². The van der Waals surface area contributed by atoms with E-state index < -0.39 is 0 Å². The van der Waals surface area contributed by atoms with Crippen molar-refractivity contribution in [3.63, 3.8) is 0 Å². The van der Waals surface area contributed by atoms with Crippen LogP contribution in [0, 0.1) is 12.8 Å². The van der Waals surface area contributed by atoms with Crippen LogP contribution in [-0.4, -0.2) is 27.0 Å². The zero-order valence-electron chi connectivity index (χ0n) is 12.9. The van der Waals surface area contributed by atoms with Gasteiger partial charge < -0.3 is 5.32 Å². The van der Waals surface area contributed by atoms with Gasteiger partial charge in [0, 0.05) is 40.8 Å². The quantitative estimate of drug-likeness (QED) is 0.784. The molecule has 4 rings (SSSR count). The maximum absolute atomic E-state index is 12.2. The summed E-state index contributed by atoms with van der Waals surface area (Å²) in [6, 6.07) is 10.1. The van der Waals surface area contributed by atoms with E-state index in [2.05, 4.69) is 34.6 Å². The van der Waals surface area contributed by atoms with Crippen molar-refractivity contribution in [1.82, 2.24) is 19.9 Å². The monoisotopic (exact) mass is 326 g/mol. The highest BCUT2D eigenvalue weighted by Gasteiger charge is 2.44. The predicted octanol–water partition coefficient (Wildman–Crippen LogP) is 2.56. The third-order valence-electron chi connectivity index (χ3n) is 4.29. The molecule has 1 saturated carbocycles. The van der Waals surface area contributed by atoms with Crippen LogP contribution in [0.4, 0.5) is 0 Å². The third-order valence-corrected chi connectivity index (χ3v) is 5.42. The molecular weight excluding hydrogens is 308 g/mol. The highest BCUT2D eigenvalue weighted by molar-refractivity contribution is 7.12. The molecule has 23 heavy (non-hydrogen) atoms. The van der Waals surface area contributed by atoms with E-state index in [0.717, 1.165) is 17.9 Å². The van der Waals surface area contributed by atoms with Crippen molar-refractivity contribution in [3.8, 4) is 0 Å². The lowest BCUT2D eigenvalue weighted by Crippen LogP contribution is -2.28. The molecule has 2 atom stereocenters. The number of hydrogen-bond acceptors (Lipinski definition) is 4. The van der Waals surface area contributed by atoms with Gasteiger partial charge >= 0.3 is 0 Å². The minimum Gasteiger partial charge on any atom is -0.355 e. The normalized spacial score (nSPS) is 19.9. The summed E-state index contributed by atoms with van der Waals surface area (Å²) in [5.41, 5.74) is 0.837. The Hall–Kier alpha value is -2.21. The number of aryl methyl sites for hydroxylation is 1. The van der Waals surface area contributed by atoms with Crippen molar-refractivity contribution < 1.29 is 4.79 Å². The molecule has 0 aliphatic heterocycles. The molecule has 0 spiro atoms. The average molecular weight is 326 g/mol. The van der Waals surface area contributed by atoms with Crippen molar-refractivity contribution >= 4 is 22.9 Å². The molecule has 5 nitrogen and oxygen atoms in total. The van der Waals surface area contributed by atoms with Gasteiger partial charge in [0.25, 0.3) is 0 Å². The molecule has 3 aromatic rings. The summed E-state index contributed by atoms with van der Waals surface area (Å²) in [7, 11) is 0. The number of thiophene rings is 1. The minimum absolute atomic E-state index is 0.142. The smallest absolute Gasteiger partial charge is 0.223 e. The van der Waals surface area contributed by atoms with Gasteiger partial charge in [0.1, 0.15) is 5.82 Å². The Bertz CT molecular complexity index is 853. The van der Waals surface area contributed by atoms with Crippen LogP contribution >= 0.6 is 11.3 Å². The van der Waals surface area contributed by atoms with Gasteiger partial charge in [-0.15, -0.1) is 21.5 Å². The minimum atomic E-state index is 0.142. The van der Waals surface area contributed by atoms with Gasteiger partial charge in [0.15, 0.2) is 5.65 Å². The highest BCUT2D eigenvalue weighted by Crippen LogP contribution is 2.49. The molecule has 0 aromatic carbocycles. The van der Waals surface area contributed by atoms with Gasteiger partial charge in [0.05, 0.1) is 0 Å². The van der Waals surface area contributed by atoms with Gasteiger partial charge in [-0.2, -0.15) is 0 Å². The van der Waals surface area contributed by atoms with Crippen molar-refractivity contribution in [3.05, 3.63) is 52.1 Å². The van der Waals surface area contributed by atoms with Crippen LogP contribution in [0.5, 0.6) is 0 Å². The number of rotatable bonds is 5. The molecule has 1 amide bonds. The van der Waals surface area contributed by atoms with E-state index in [9.17, 15) is 4.79 Å². The second-order valence-corrected chi connectivity index (χ2v) is 7.30. The van der Waals surface area contributed by atoms with Crippen LogP contribution in [0.3, 0.4) is 0 Å². The Morgan fingerprint density at radius 3 is 3.09 bits per heavy atom. The Kier molecular flexibility index (Phi) is 3.61. The van der Waals surface area contributed by atoms with Crippen LogP contribution in [-0.2, 0) is 11.2 Å². The number of nitrogens with zero attached hydrogens (tertiary/aromatic N) is 3. The number of pyridine rings is 1. The molecule has 118 valence electrons. The van der Waals surface area contributed by atoms with Gasteiger partial charge in [0.2, 0.25) is 5.91 Å². The maximum Gasteiger partial charge on any atom is 0.223 e. The van der Waals surface area contributed by atoms with Crippen LogP contribution < -0.4 is 5.32 Å². The third kappa shape index (κ3) is 2.86. The zero-order chi connectivity index (χ0) is 15.8. The van der Waals surface area contributed by atoms with Gasteiger partial charge in [-0.3, -0.25) is 9.20 Å². The number of carbonyl (C=O) groups is 1. The van der Waals surface area contributed by atoms with Crippen molar-refractivity contribution in [2.24, 2.45) is 5.92 Å². The van der Waals surface area contributed by atoms with Crippen LogP contribution in [0.1, 0.15) is 27.9 Å². The summed E-state index contributed by atoms with van der Waals surface area (Å²) in [6.45, 7) is 2.70. The number of aromatic nitrogens is 3. The first kappa shape index (κ1) is 14.4. The Labute approximate surface area is 138 Å². The Morgan fingerprint density at radius 1 is 1.35 bits per heavy atom. The molecule has 3 heterocycles. The van der Waals surface area contributed by atoms with Crippen LogP contribution in [0.2, 0.25) is 0 Å². The van der Waals surface area contributed by atoms with Crippen molar-refractivity contribution in [2.75, 3.05) is 6.54 Å². The fraction of sp³-hybridized carbons (Fsp3) is 0.353. The predicted molar refractivity (Wildman–Crippen MR) is 89.6 cm³/mol. The summed E-state index contributed by atoms with van der Waals surface area (Å²) >= 11 is 1.80. The number of nitrogens with one attached hydrogen (secondary N) is 1. The zero-order valence-corrected chi connectivity index (χ0v) is 13.7. The molecular formula is C17H18N4OS. The topological polar surface area (TPSA) is 59.3 Å². The second kappa shape index (κ2) is 5.77. The molecule has 3 aromatic heterocycles. The molecule has 1 aliphatic rings. The summed E-state index contributed by atoms with van der Waals surface area (Å²) in [5, 5.41) is 11.3. The van der Waals surface area contributed by atoms with Gasteiger partial charge in [-0.25, -0.2) is 0 Å². The molecule has 0 radical (unpaired) electrons. The van der Waals surface area contributed by atoms with Gasteiger partial charge in [-0.1, -0.05) is 6.07 Å². The first-order chi connectivity index (χ1) is 11.2. The molecule has 1 aliphatic carbocycles. The average Bonchev–Trinajstić information content (AvgIpc) is 3.08. The number of fused-ring (bicyclic) bond motifs is 1. The fourth-order valence-electron chi connectivity index (χ4n) is 2.94. The standard InChI is InChI=1S/C17H18N4OS/c1-11-5-6-14(23-11)12-10-13(12)17(22)18-8-7-16-20-19-15-4-2-3-9-21(15)16/h2-6,9,12-13H,7-8,10H2,1H3,(H,18,22)/t12-,13+/m1/s1. The lowest BCUT2D eigenvalue weighted by molar-refractivity contribution is -0.122. The van der Waals surface area contributed by atoms with E-state index >= 15 is 0 Å². The molecule has 6 heteroatoms. The summed E-state index contributed by atoms with van der Waals surface area (Å²) in [4.78, 5) is 14.9. The van der Waals surface area contributed by atoms with Crippen LogP contribution in [0.15, 0.2) is 36.5 Å². The lowest BCUT2D eigenvalue weighted by Gasteiger charge is -2.04. The van der Waals surface area contributed by atoms with E-state index in [4.69, 9.17) is 0 Å². The fourth-order valence-corrected chi connectivity index (χ4v) is 4.00. The largest absolute Gasteiger partial charge is 0.355 e. The van der Waals surface area contributed by atoms with E-state index in [1.165, 1.54) is 9.75 Å². The highest BCUT2D eigenvalue weighted by atomic mass is 32.1. The Morgan fingerprint density at radius 2 is 2.26 bits per heavy atom. The maximum atomic E-state index is 12.2. The molecule has 0 saturated heterocycles. The van der Waals surface area contributed by atoms with E-state index in [0.29, 0.717) is 18.9 Å². The van der Waals surface area contributed by atoms with E-state index in [1.807, 2.05) is 28.8 Å². The van der Waals surface area contributed by atoms with Gasteiger partial charge in [-0.05, 0) is 37.6 Å². The number of carbonyl (C=O) groups excluding carboxylic acids is 1. The summed E-state index contributed by atoms with van der Waals surface area (Å²) in [6.07, 6.45) is 3.61. The van der Waals surface area contributed by atoms with E-state index in [-0.39, 0.29) is 11.8 Å².